The van der Waals surface area contributed by atoms with E-state index in [2.05, 4.69) is 12.2 Å². The first-order valence-electron chi connectivity index (χ1n) is 10.0. The number of ether oxygens (including phenoxy) is 1. The summed E-state index contributed by atoms with van der Waals surface area (Å²) in [6, 6.07) is 0. The molecular weight excluding hydrogens is 366 g/mol. The first-order valence-corrected chi connectivity index (χ1v) is 11.4. The second-order valence-corrected chi connectivity index (χ2v) is 10.0. The minimum absolute atomic E-state index is 0.0470. The fraction of sp³-hybridized carbons (Fsp3) is 0.850. The lowest BCUT2D eigenvalue weighted by molar-refractivity contribution is -0.149. The van der Waals surface area contributed by atoms with Gasteiger partial charge in [0.05, 0.1) is 30.0 Å². The fourth-order valence-electron chi connectivity index (χ4n) is 4.05. The van der Waals surface area contributed by atoms with Gasteiger partial charge in [-0.25, -0.2) is 0 Å². The molecule has 156 valence electrons. The molecule has 0 bridgehead atoms. The Hall–Kier alpha value is -0.760. The zero-order chi connectivity index (χ0) is 20.0. The summed E-state index contributed by atoms with van der Waals surface area (Å²) in [5.41, 5.74) is 0. The van der Waals surface area contributed by atoms with Crippen LogP contribution in [0.15, 0.2) is 12.2 Å². The number of aliphatic hydroxyl groups is 2. The average molecular weight is 402 g/mol. The number of rotatable bonds is 4. The van der Waals surface area contributed by atoms with E-state index in [0.29, 0.717) is 25.1 Å². The number of hydrogen-bond donors (Lipinski definition) is 2. The Kier molecular flexibility index (Phi) is 8.92. The van der Waals surface area contributed by atoms with Crippen molar-refractivity contribution in [3.8, 4) is 0 Å². The molecule has 0 saturated heterocycles. The van der Waals surface area contributed by atoms with Crippen LogP contribution < -0.4 is 0 Å². The van der Waals surface area contributed by atoms with E-state index >= 15 is 0 Å². The predicted molar refractivity (Wildman–Crippen MR) is 107 cm³/mol. The minimum Gasteiger partial charge on any atom is -0.463 e. The van der Waals surface area contributed by atoms with E-state index < -0.39 is 34.2 Å². The van der Waals surface area contributed by atoms with Gasteiger partial charge in [0.2, 0.25) is 0 Å². The molecule has 2 N–H and O–H groups in total. The molecule has 1 aliphatic heterocycles. The molecular formula is C20H35NO5S. The molecule has 1 saturated carbocycles. The molecule has 1 heterocycles. The highest BCUT2D eigenvalue weighted by molar-refractivity contribution is 7.85. The van der Waals surface area contributed by atoms with Gasteiger partial charge in [-0.3, -0.25) is 9.00 Å². The summed E-state index contributed by atoms with van der Waals surface area (Å²) in [4.78, 5) is 14.3. The lowest BCUT2D eigenvalue weighted by atomic mass is 9.87. The summed E-state index contributed by atoms with van der Waals surface area (Å²) in [5.74, 6) is -0.131. The molecule has 2 rings (SSSR count). The molecule has 6 nitrogen and oxygen atoms in total. The number of cyclic esters (lactones) is 1. The van der Waals surface area contributed by atoms with E-state index in [0.717, 1.165) is 19.3 Å². The standard InChI is InChI=1S/C20H35NO5S/c1-14-7-5-4-6-8-15-11-16(22)12-17(15)20(24)18(13-19(23)26-14)27(25)10-9-21(2)3/h6,8,14-18,20,22,24H,4-5,7,9-13H2,1-3H3/b8-6+/t14-,15+,16-,17+,18+,20+,27?/m0/s1. The van der Waals surface area contributed by atoms with Gasteiger partial charge in [-0.15, -0.1) is 0 Å². The van der Waals surface area contributed by atoms with E-state index in [9.17, 15) is 19.2 Å². The molecule has 7 heteroatoms. The van der Waals surface area contributed by atoms with Crippen molar-refractivity contribution in [2.45, 2.75) is 69.0 Å². The molecule has 2 aliphatic rings. The molecule has 0 aromatic rings. The Balaban J connectivity index is 2.22. The van der Waals surface area contributed by atoms with E-state index in [-0.39, 0.29) is 24.4 Å². The van der Waals surface area contributed by atoms with Crippen LogP contribution in [0.5, 0.6) is 0 Å². The van der Waals surface area contributed by atoms with Crippen LogP contribution in [0, 0.1) is 11.8 Å². The molecule has 0 spiro atoms. The molecule has 0 aromatic heterocycles. The number of hydrogen-bond acceptors (Lipinski definition) is 6. The Morgan fingerprint density at radius 2 is 2.04 bits per heavy atom. The third-order valence-electron chi connectivity index (χ3n) is 5.60. The van der Waals surface area contributed by atoms with Crippen molar-refractivity contribution in [3.05, 3.63) is 12.2 Å². The van der Waals surface area contributed by atoms with Crippen molar-refractivity contribution in [1.82, 2.24) is 4.90 Å². The molecule has 1 unspecified atom stereocenters. The highest BCUT2D eigenvalue weighted by atomic mass is 32.2. The molecule has 0 aromatic carbocycles. The molecule has 1 fully saturated rings. The van der Waals surface area contributed by atoms with Crippen molar-refractivity contribution in [1.29, 1.82) is 0 Å². The zero-order valence-corrected chi connectivity index (χ0v) is 17.6. The third kappa shape index (κ3) is 6.97. The van der Waals surface area contributed by atoms with E-state index in [1.165, 1.54) is 0 Å². The van der Waals surface area contributed by atoms with Crippen LogP contribution in [0.1, 0.15) is 45.4 Å². The topological polar surface area (TPSA) is 87.1 Å². The van der Waals surface area contributed by atoms with Crippen LogP contribution in [-0.2, 0) is 20.3 Å². The van der Waals surface area contributed by atoms with Gasteiger partial charge in [0.15, 0.2) is 0 Å². The number of fused-ring (bicyclic) bond motifs is 1. The van der Waals surface area contributed by atoms with Crippen LogP contribution in [0.3, 0.4) is 0 Å². The van der Waals surface area contributed by atoms with Crippen LogP contribution in [0.25, 0.3) is 0 Å². The maximum atomic E-state index is 12.9. The van der Waals surface area contributed by atoms with Gasteiger partial charge in [0, 0.05) is 23.1 Å². The van der Waals surface area contributed by atoms with Gasteiger partial charge in [-0.1, -0.05) is 12.2 Å². The summed E-state index contributed by atoms with van der Waals surface area (Å²) in [7, 11) is 2.46. The van der Waals surface area contributed by atoms with Crippen molar-refractivity contribution in [2.24, 2.45) is 11.8 Å². The molecule has 27 heavy (non-hydrogen) atoms. The maximum Gasteiger partial charge on any atom is 0.307 e. The van der Waals surface area contributed by atoms with Crippen molar-refractivity contribution >= 4 is 16.8 Å². The number of carbonyl (C=O) groups is 1. The Morgan fingerprint density at radius 3 is 2.74 bits per heavy atom. The number of aliphatic hydroxyl groups excluding tert-OH is 2. The van der Waals surface area contributed by atoms with E-state index in [1.807, 2.05) is 25.9 Å². The summed E-state index contributed by atoms with van der Waals surface area (Å²) < 4.78 is 18.4. The summed E-state index contributed by atoms with van der Waals surface area (Å²) in [6.07, 6.45) is 6.28. The second kappa shape index (κ2) is 10.7. The number of esters is 1. The van der Waals surface area contributed by atoms with Gasteiger partial charge >= 0.3 is 5.97 Å². The van der Waals surface area contributed by atoms with Gasteiger partial charge in [-0.2, -0.15) is 0 Å². The quantitative estimate of drug-likeness (QED) is 0.548. The number of nitrogens with zero attached hydrogens (tertiary/aromatic N) is 1. The smallest absolute Gasteiger partial charge is 0.307 e. The predicted octanol–water partition coefficient (Wildman–Crippen LogP) is 1.48. The minimum atomic E-state index is -1.35. The van der Waals surface area contributed by atoms with Gasteiger partial charge in [0.1, 0.15) is 0 Å². The van der Waals surface area contributed by atoms with Crippen LogP contribution >= 0.6 is 0 Å². The number of carbonyl (C=O) groups excluding carboxylic acids is 1. The second-order valence-electron chi connectivity index (χ2n) is 8.23. The fourth-order valence-corrected chi connectivity index (χ4v) is 5.73. The van der Waals surface area contributed by atoms with E-state index in [1.54, 1.807) is 0 Å². The first kappa shape index (κ1) is 22.5. The Morgan fingerprint density at radius 1 is 1.30 bits per heavy atom. The molecule has 1 aliphatic carbocycles. The summed E-state index contributed by atoms with van der Waals surface area (Å²) in [6.45, 7) is 2.50. The SMILES string of the molecule is C[C@H]1CCC/C=C/[C@@H]2C[C@H](O)C[C@H]2[C@@H](O)[C@H](S(=O)CCN(C)C)CC(=O)O1. The molecule has 7 atom stereocenters. The third-order valence-corrected chi connectivity index (χ3v) is 7.31. The lowest BCUT2D eigenvalue weighted by Gasteiger charge is -2.29. The summed E-state index contributed by atoms with van der Waals surface area (Å²) >= 11 is 0. The lowest BCUT2D eigenvalue weighted by Crippen LogP contribution is -2.41. The van der Waals surface area contributed by atoms with Crippen LogP contribution in [-0.4, -0.2) is 75.2 Å². The largest absolute Gasteiger partial charge is 0.463 e. The van der Waals surface area contributed by atoms with Crippen LogP contribution in [0.2, 0.25) is 0 Å². The van der Waals surface area contributed by atoms with E-state index in [4.69, 9.17) is 4.74 Å². The Labute approximate surface area is 165 Å². The van der Waals surface area contributed by atoms with Crippen molar-refractivity contribution in [2.75, 3.05) is 26.4 Å². The van der Waals surface area contributed by atoms with Crippen molar-refractivity contribution in [3.63, 3.8) is 0 Å². The maximum absolute atomic E-state index is 12.9. The first-order chi connectivity index (χ1) is 12.8. The monoisotopic (exact) mass is 401 g/mol. The van der Waals surface area contributed by atoms with Gasteiger partial charge in [-0.05, 0) is 65.0 Å². The normalized spacial score (nSPS) is 38.2. The Bertz CT molecular complexity index is 538. The average Bonchev–Trinajstić information content (AvgIpc) is 2.96. The molecule has 0 radical (unpaired) electrons. The summed E-state index contributed by atoms with van der Waals surface area (Å²) in [5, 5.41) is 20.5. The van der Waals surface area contributed by atoms with Crippen LogP contribution in [0.4, 0.5) is 0 Å². The van der Waals surface area contributed by atoms with Crippen molar-refractivity contribution < 1.29 is 24.0 Å². The highest BCUT2D eigenvalue weighted by Gasteiger charge is 2.42. The van der Waals surface area contributed by atoms with Gasteiger partial charge < -0.3 is 19.8 Å². The highest BCUT2D eigenvalue weighted by Crippen LogP contribution is 2.38. The number of allylic oxidation sites excluding steroid dienone is 2. The zero-order valence-electron chi connectivity index (χ0n) is 16.8. The molecule has 0 amide bonds. The van der Waals surface area contributed by atoms with Gasteiger partial charge in [0.25, 0.3) is 0 Å².